The Morgan fingerprint density at radius 1 is 0.917 bits per heavy atom. The molecule has 0 saturated heterocycles. The van der Waals surface area contributed by atoms with E-state index in [0.717, 1.165) is 12.0 Å². The molecule has 1 rings (SSSR count). The fourth-order valence-corrected chi connectivity index (χ4v) is 3.99. The molecule has 0 aliphatic carbocycles. The van der Waals surface area contributed by atoms with E-state index in [4.69, 9.17) is 11.5 Å². The van der Waals surface area contributed by atoms with Crippen molar-refractivity contribution in [3.63, 3.8) is 0 Å². The number of amides is 3. The van der Waals surface area contributed by atoms with Gasteiger partial charge in [0, 0.05) is 6.42 Å². The van der Waals surface area contributed by atoms with Crippen molar-refractivity contribution in [2.24, 2.45) is 17.4 Å². The Morgan fingerprint density at radius 3 is 2.11 bits per heavy atom. The summed E-state index contributed by atoms with van der Waals surface area (Å²) in [5.74, 6) is -2.42. The molecule has 1 aromatic rings. The predicted molar refractivity (Wildman–Crippen MR) is 142 cm³/mol. The van der Waals surface area contributed by atoms with Crippen molar-refractivity contribution in [1.82, 2.24) is 16.0 Å². The molecule has 0 radical (unpaired) electrons. The fourth-order valence-electron chi connectivity index (χ4n) is 3.52. The lowest BCUT2D eigenvalue weighted by Gasteiger charge is -2.27. The zero-order valence-corrected chi connectivity index (χ0v) is 22.2. The van der Waals surface area contributed by atoms with Gasteiger partial charge in [-0.1, -0.05) is 50.6 Å². The molecule has 0 fully saturated rings. The molecule has 36 heavy (non-hydrogen) atoms. The molecule has 4 unspecified atom stereocenters. The van der Waals surface area contributed by atoms with Gasteiger partial charge in [-0.15, -0.1) is 0 Å². The number of carboxylic acid groups (broad SMARTS) is 1. The minimum absolute atomic E-state index is 0.109. The van der Waals surface area contributed by atoms with Crippen LogP contribution in [0.15, 0.2) is 30.3 Å². The summed E-state index contributed by atoms with van der Waals surface area (Å²) in [6.45, 7) is 4.07. The molecule has 4 atom stereocenters. The van der Waals surface area contributed by atoms with E-state index in [1.54, 1.807) is 38.1 Å². The third-order valence-corrected chi connectivity index (χ3v) is 6.34. The van der Waals surface area contributed by atoms with E-state index in [1.165, 1.54) is 11.8 Å². The number of aliphatic carboxylic acids is 1. The van der Waals surface area contributed by atoms with Gasteiger partial charge < -0.3 is 32.5 Å². The maximum atomic E-state index is 13.1. The van der Waals surface area contributed by atoms with Gasteiger partial charge in [0.15, 0.2) is 0 Å². The SMILES string of the molecule is CSCCC(NC(=O)C(NC(=O)C(N)CCCCN)C(C)C)C(=O)NC(Cc1ccccc1)C(=O)O. The minimum Gasteiger partial charge on any atom is -0.480 e. The van der Waals surface area contributed by atoms with Crippen LogP contribution in [0.1, 0.15) is 45.1 Å². The van der Waals surface area contributed by atoms with Gasteiger partial charge in [0.05, 0.1) is 6.04 Å². The molecule has 202 valence electrons. The lowest BCUT2D eigenvalue weighted by atomic mass is 10.0. The molecule has 0 aliphatic heterocycles. The van der Waals surface area contributed by atoms with Crippen LogP contribution < -0.4 is 27.4 Å². The van der Waals surface area contributed by atoms with E-state index in [2.05, 4.69) is 16.0 Å². The third-order valence-electron chi connectivity index (χ3n) is 5.69. The van der Waals surface area contributed by atoms with Crippen molar-refractivity contribution in [1.29, 1.82) is 0 Å². The Hall–Kier alpha value is -2.63. The highest BCUT2D eigenvalue weighted by Crippen LogP contribution is 2.09. The van der Waals surface area contributed by atoms with Crippen LogP contribution in [0.25, 0.3) is 0 Å². The van der Waals surface area contributed by atoms with Crippen LogP contribution in [0, 0.1) is 5.92 Å². The summed E-state index contributed by atoms with van der Waals surface area (Å²) in [6.07, 6.45) is 4.18. The molecular formula is C25H41N5O5S. The molecule has 0 heterocycles. The smallest absolute Gasteiger partial charge is 0.326 e. The van der Waals surface area contributed by atoms with Crippen LogP contribution in [-0.4, -0.2) is 71.5 Å². The Bertz CT molecular complexity index is 839. The van der Waals surface area contributed by atoms with Gasteiger partial charge in [0.2, 0.25) is 17.7 Å². The topological polar surface area (TPSA) is 177 Å². The average molecular weight is 524 g/mol. The second kappa shape index (κ2) is 16.9. The van der Waals surface area contributed by atoms with Crippen molar-refractivity contribution >= 4 is 35.5 Å². The van der Waals surface area contributed by atoms with Crippen LogP contribution >= 0.6 is 11.8 Å². The maximum Gasteiger partial charge on any atom is 0.326 e. The molecule has 10 nitrogen and oxygen atoms in total. The quantitative estimate of drug-likeness (QED) is 0.161. The Kier molecular flexibility index (Phi) is 14.8. The fraction of sp³-hybridized carbons (Fsp3) is 0.600. The Labute approximate surface area is 217 Å². The van der Waals surface area contributed by atoms with E-state index < -0.39 is 47.9 Å². The summed E-state index contributed by atoms with van der Waals surface area (Å²) in [5, 5.41) is 17.6. The van der Waals surface area contributed by atoms with Gasteiger partial charge >= 0.3 is 5.97 Å². The highest BCUT2D eigenvalue weighted by molar-refractivity contribution is 7.98. The van der Waals surface area contributed by atoms with Crippen molar-refractivity contribution in [2.75, 3.05) is 18.6 Å². The molecule has 0 saturated carbocycles. The molecular weight excluding hydrogens is 482 g/mol. The lowest BCUT2D eigenvalue weighted by Crippen LogP contribution is -2.58. The van der Waals surface area contributed by atoms with Gasteiger partial charge in [-0.3, -0.25) is 14.4 Å². The van der Waals surface area contributed by atoms with Gasteiger partial charge in [-0.25, -0.2) is 4.79 Å². The van der Waals surface area contributed by atoms with Crippen LogP contribution in [0.3, 0.4) is 0 Å². The number of unbranched alkanes of at least 4 members (excludes halogenated alkanes) is 1. The summed E-state index contributed by atoms with van der Waals surface area (Å²) in [5.41, 5.74) is 12.2. The summed E-state index contributed by atoms with van der Waals surface area (Å²) in [4.78, 5) is 50.5. The van der Waals surface area contributed by atoms with E-state index >= 15 is 0 Å². The van der Waals surface area contributed by atoms with Crippen LogP contribution in [-0.2, 0) is 25.6 Å². The van der Waals surface area contributed by atoms with Crippen LogP contribution in [0.4, 0.5) is 0 Å². The molecule has 0 bridgehead atoms. The first kappa shape index (κ1) is 31.4. The number of carbonyl (C=O) groups excluding carboxylic acids is 3. The largest absolute Gasteiger partial charge is 0.480 e. The number of carboxylic acids is 1. The van der Waals surface area contributed by atoms with Crippen LogP contribution in [0.2, 0.25) is 0 Å². The molecule has 0 spiro atoms. The molecule has 3 amide bonds. The van der Waals surface area contributed by atoms with Gasteiger partial charge in [0.1, 0.15) is 18.1 Å². The second-order valence-electron chi connectivity index (χ2n) is 9.05. The molecule has 8 N–H and O–H groups in total. The zero-order valence-electron chi connectivity index (χ0n) is 21.4. The second-order valence-corrected chi connectivity index (χ2v) is 10.0. The third kappa shape index (κ3) is 11.4. The number of thioether (sulfide) groups is 1. The van der Waals surface area contributed by atoms with E-state index in [1.807, 2.05) is 12.3 Å². The Morgan fingerprint density at radius 2 is 1.56 bits per heavy atom. The minimum atomic E-state index is -1.17. The highest BCUT2D eigenvalue weighted by atomic mass is 32.2. The summed E-state index contributed by atoms with van der Waals surface area (Å²) >= 11 is 1.50. The number of hydrogen-bond donors (Lipinski definition) is 6. The first-order valence-electron chi connectivity index (χ1n) is 12.2. The van der Waals surface area contributed by atoms with Gasteiger partial charge in [-0.2, -0.15) is 11.8 Å². The van der Waals surface area contributed by atoms with Crippen molar-refractivity contribution in [2.45, 2.75) is 70.1 Å². The van der Waals surface area contributed by atoms with Crippen LogP contribution in [0.5, 0.6) is 0 Å². The molecule has 0 aliphatic rings. The van der Waals surface area contributed by atoms with Crippen molar-refractivity contribution in [3.8, 4) is 0 Å². The first-order chi connectivity index (χ1) is 17.1. The number of hydrogen-bond acceptors (Lipinski definition) is 7. The van der Waals surface area contributed by atoms with Crippen molar-refractivity contribution in [3.05, 3.63) is 35.9 Å². The number of nitrogens with one attached hydrogen (secondary N) is 3. The predicted octanol–water partition coefficient (Wildman–Crippen LogP) is 0.634. The number of carbonyl (C=O) groups is 4. The average Bonchev–Trinajstić information content (AvgIpc) is 2.84. The standard InChI is InChI=1S/C25H41N5O5S/c1-16(2)21(30-22(31)18(27)11-7-8-13-26)24(33)28-19(12-14-36-3)23(32)29-20(25(34)35)15-17-9-5-4-6-10-17/h4-6,9-10,16,18-21H,7-8,11-15,26-27H2,1-3H3,(H,28,33)(H,29,32)(H,30,31)(H,34,35). The zero-order chi connectivity index (χ0) is 27.1. The van der Waals surface area contributed by atoms with Crippen molar-refractivity contribution < 1.29 is 24.3 Å². The summed E-state index contributed by atoms with van der Waals surface area (Å²) in [7, 11) is 0. The van der Waals surface area contributed by atoms with Gasteiger partial charge in [-0.05, 0) is 49.3 Å². The molecule has 11 heteroatoms. The number of nitrogens with two attached hydrogens (primary N) is 2. The number of rotatable bonds is 17. The summed E-state index contributed by atoms with van der Waals surface area (Å²) < 4.78 is 0. The van der Waals surface area contributed by atoms with E-state index in [9.17, 15) is 24.3 Å². The highest BCUT2D eigenvalue weighted by Gasteiger charge is 2.31. The van der Waals surface area contributed by atoms with Gasteiger partial charge in [0.25, 0.3) is 0 Å². The monoisotopic (exact) mass is 523 g/mol. The summed E-state index contributed by atoms with van der Waals surface area (Å²) in [6, 6.07) is 5.20. The number of benzene rings is 1. The lowest BCUT2D eigenvalue weighted by molar-refractivity contribution is -0.142. The van der Waals surface area contributed by atoms with E-state index in [-0.39, 0.29) is 12.3 Å². The molecule has 1 aromatic carbocycles. The maximum absolute atomic E-state index is 13.1. The normalized spacial score (nSPS) is 14.4. The Balaban J connectivity index is 2.90. The van der Waals surface area contributed by atoms with E-state index in [0.29, 0.717) is 31.6 Å². The molecule has 0 aromatic heterocycles. The first-order valence-corrected chi connectivity index (χ1v) is 13.6.